The van der Waals surface area contributed by atoms with Crippen molar-refractivity contribution in [1.29, 1.82) is 0 Å². The Kier molecular flexibility index (Phi) is 12.0. The van der Waals surface area contributed by atoms with Gasteiger partial charge < -0.3 is 14.6 Å². The van der Waals surface area contributed by atoms with Crippen molar-refractivity contribution < 1.29 is 19.4 Å². The third-order valence-corrected chi connectivity index (χ3v) is 2.88. The summed E-state index contributed by atoms with van der Waals surface area (Å²) in [4.78, 5) is 11.7. The third-order valence-electron chi connectivity index (χ3n) is 2.88. The summed E-state index contributed by atoms with van der Waals surface area (Å²) in [5.41, 5.74) is 0.169. The fourth-order valence-electron chi connectivity index (χ4n) is 1.76. The van der Waals surface area contributed by atoms with E-state index >= 15 is 0 Å². The number of unbranched alkanes of at least 4 members (excludes halogenated alkanes) is 2. The maximum absolute atomic E-state index is 11.7. The van der Waals surface area contributed by atoms with Crippen molar-refractivity contribution >= 4 is 6.09 Å². The van der Waals surface area contributed by atoms with E-state index in [0.29, 0.717) is 6.61 Å². The van der Waals surface area contributed by atoms with Gasteiger partial charge in [-0.3, -0.25) is 5.32 Å². The van der Waals surface area contributed by atoms with E-state index in [4.69, 9.17) is 14.6 Å². The summed E-state index contributed by atoms with van der Waals surface area (Å²) >= 11 is 0. The second-order valence-corrected chi connectivity index (χ2v) is 5.33. The van der Waals surface area contributed by atoms with Crippen LogP contribution in [0.5, 0.6) is 0 Å². The number of carbonyl (C=O) groups is 1. The Morgan fingerprint density at radius 1 is 1.13 bits per heavy atom. The van der Waals surface area contributed by atoms with E-state index in [-0.39, 0.29) is 13.2 Å². The van der Waals surface area contributed by atoms with E-state index in [1.165, 1.54) is 0 Å². The number of amides is 1. The number of ether oxygens (including phenoxy) is 2. The Hall–Kier alpha value is -1.59. The number of alkyl carbamates (subject to hydrolysis) is 1. The summed E-state index contributed by atoms with van der Waals surface area (Å²) in [7, 11) is 0. The topological polar surface area (TPSA) is 67.8 Å². The summed E-state index contributed by atoms with van der Waals surface area (Å²) in [6, 6.07) is 9.51. The molecule has 0 aliphatic heterocycles. The number of aliphatic hydroxyl groups excluding tert-OH is 1. The van der Waals surface area contributed by atoms with Crippen LogP contribution in [0, 0.1) is 0 Å². The van der Waals surface area contributed by atoms with Crippen LogP contribution in [0.4, 0.5) is 4.79 Å². The number of nitrogens with one attached hydrogen (secondary N) is 1. The first-order chi connectivity index (χ1) is 11.0. The van der Waals surface area contributed by atoms with Crippen molar-refractivity contribution in [3.8, 4) is 0 Å². The number of carbonyl (C=O) groups excluding carboxylic acids is 1. The Labute approximate surface area is 140 Å². The molecule has 0 heterocycles. The molecule has 132 valence electrons. The van der Waals surface area contributed by atoms with Crippen LogP contribution < -0.4 is 5.32 Å². The second kappa shape index (κ2) is 12.9. The van der Waals surface area contributed by atoms with Gasteiger partial charge in [-0.25, -0.2) is 4.79 Å². The normalized spacial score (nSPS) is 10.5. The lowest BCUT2D eigenvalue weighted by atomic mass is 10.2. The summed E-state index contributed by atoms with van der Waals surface area (Å²) in [5, 5.41) is 11.4. The van der Waals surface area contributed by atoms with E-state index in [1.54, 1.807) is 13.8 Å². The minimum Gasteiger partial charge on any atom is -0.445 e. The lowest BCUT2D eigenvalue weighted by Crippen LogP contribution is -2.46. The SMILES string of the molecule is CC.CC(C)(NC(=O)OCc1ccccc1)OCCCCCO. The van der Waals surface area contributed by atoms with Gasteiger partial charge in [0.1, 0.15) is 12.3 Å². The van der Waals surface area contributed by atoms with Crippen LogP contribution in [0.15, 0.2) is 30.3 Å². The number of rotatable bonds is 9. The number of hydrogen-bond donors (Lipinski definition) is 2. The molecule has 1 aromatic rings. The maximum atomic E-state index is 11.7. The van der Waals surface area contributed by atoms with E-state index in [1.807, 2.05) is 44.2 Å². The fourth-order valence-corrected chi connectivity index (χ4v) is 1.76. The molecule has 0 saturated carbocycles. The first-order valence-corrected chi connectivity index (χ1v) is 8.27. The molecule has 0 saturated heterocycles. The summed E-state index contributed by atoms with van der Waals surface area (Å²) in [6.07, 6.45) is 2.03. The first kappa shape index (κ1) is 21.4. The zero-order chi connectivity index (χ0) is 17.6. The Morgan fingerprint density at radius 3 is 2.39 bits per heavy atom. The molecule has 0 bridgehead atoms. The minimum atomic E-state index is -0.771. The van der Waals surface area contributed by atoms with Gasteiger partial charge in [0.05, 0.1) is 0 Å². The van der Waals surface area contributed by atoms with Crippen LogP contribution in [0.25, 0.3) is 0 Å². The molecule has 0 unspecified atom stereocenters. The van der Waals surface area contributed by atoms with Crippen molar-refractivity contribution in [3.05, 3.63) is 35.9 Å². The van der Waals surface area contributed by atoms with Gasteiger partial charge in [0.25, 0.3) is 0 Å². The molecule has 1 rings (SSSR count). The van der Waals surface area contributed by atoms with Crippen LogP contribution in [0.2, 0.25) is 0 Å². The van der Waals surface area contributed by atoms with E-state index in [9.17, 15) is 4.79 Å². The third kappa shape index (κ3) is 11.6. The molecule has 5 nitrogen and oxygen atoms in total. The molecule has 1 aromatic carbocycles. The average molecular weight is 325 g/mol. The van der Waals surface area contributed by atoms with Crippen LogP contribution in [0.1, 0.15) is 52.5 Å². The van der Waals surface area contributed by atoms with Crippen molar-refractivity contribution in [1.82, 2.24) is 5.32 Å². The quantitative estimate of drug-likeness (QED) is 0.534. The predicted molar refractivity (Wildman–Crippen MR) is 92.1 cm³/mol. The maximum Gasteiger partial charge on any atom is 0.409 e. The lowest BCUT2D eigenvalue weighted by molar-refractivity contribution is -0.0427. The smallest absolute Gasteiger partial charge is 0.409 e. The molecule has 0 aliphatic carbocycles. The number of benzene rings is 1. The van der Waals surface area contributed by atoms with Crippen molar-refractivity contribution in [2.24, 2.45) is 0 Å². The highest BCUT2D eigenvalue weighted by molar-refractivity contribution is 5.67. The molecule has 0 aliphatic rings. The van der Waals surface area contributed by atoms with Crippen molar-refractivity contribution in [3.63, 3.8) is 0 Å². The molecular formula is C18H31NO4. The van der Waals surface area contributed by atoms with Crippen LogP contribution >= 0.6 is 0 Å². The Balaban J connectivity index is 0.00000232. The van der Waals surface area contributed by atoms with Gasteiger partial charge in [-0.1, -0.05) is 44.2 Å². The largest absolute Gasteiger partial charge is 0.445 e. The van der Waals surface area contributed by atoms with Gasteiger partial charge in [0.15, 0.2) is 0 Å². The van der Waals surface area contributed by atoms with Gasteiger partial charge in [-0.05, 0) is 38.7 Å². The number of hydrogen-bond acceptors (Lipinski definition) is 4. The molecule has 0 spiro atoms. The van der Waals surface area contributed by atoms with Crippen molar-refractivity contribution in [2.75, 3.05) is 13.2 Å². The lowest BCUT2D eigenvalue weighted by Gasteiger charge is -2.26. The number of aliphatic hydroxyl groups is 1. The average Bonchev–Trinajstić information content (AvgIpc) is 2.55. The van der Waals surface area contributed by atoms with E-state index in [2.05, 4.69) is 5.32 Å². The first-order valence-electron chi connectivity index (χ1n) is 8.27. The van der Waals surface area contributed by atoms with Gasteiger partial charge in [0.2, 0.25) is 0 Å². The molecule has 0 aromatic heterocycles. The highest BCUT2D eigenvalue weighted by Crippen LogP contribution is 2.08. The van der Waals surface area contributed by atoms with E-state index < -0.39 is 11.8 Å². The molecule has 2 N–H and O–H groups in total. The van der Waals surface area contributed by atoms with Crippen LogP contribution in [0.3, 0.4) is 0 Å². The molecule has 1 amide bonds. The van der Waals surface area contributed by atoms with Gasteiger partial charge in [0, 0.05) is 13.2 Å². The predicted octanol–water partition coefficient (Wildman–Crippen LogP) is 3.85. The highest BCUT2D eigenvalue weighted by Gasteiger charge is 2.21. The summed E-state index contributed by atoms with van der Waals surface area (Å²) < 4.78 is 10.8. The molecule has 23 heavy (non-hydrogen) atoms. The van der Waals surface area contributed by atoms with Crippen molar-refractivity contribution in [2.45, 2.75) is 59.3 Å². The monoisotopic (exact) mass is 325 g/mol. The second-order valence-electron chi connectivity index (χ2n) is 5.33. The zero-order valence-corrected chi connectivity index (χ0v) is 14.8. The van der Waals surface area contributed by atoms with Crippen LogP contribution in [-0.4, -0.2) is 30.1 Å². The fraction of sp³-hybridized carbons (Fsp3) is 0.611. The molecule has 0 fully saturated rings. The standard InChI is InChI=1S/C16H25NO4.C2H6/c1-16(2,21-12-8-4-7-11-18)17-15(19)20-13-14-9-5-3-6-10-14;1-2/h3,5-6,9-10,18H,4,7-8,11-13H2,1-2H3,(H,17,19);1-2H3. The molecule has 5 heteroatoms. The van der Waals surface area contributed by atoms with Gasteiger partial charge in [-0.2, -0.15) is 0 Å². The highest BCUT2D eigenvalue weighted by atomic mass is 16.6. The van der Waals surface area contributed by atoms with Crippen LogP contribution in [-0.2, 0) is 16.1 Å². The van der Waals surface area contributed by atoms with Gasteiger partial charge >= 0.3 is 6.09 Å². The van der Waals surface area contributed by atoms with Gasteiger partial charge in [-0.15, -0.1) is 0 Å². The summed E-state index contributed by atoms with van der Waals surface area (Å²) in [6.45, 7) is 8.53. The Bertz CT molecular complexity index is 407. The molecule has 0 atom stereocenters. The zero-order valence-electron chi connectivity index (χ0n) is 14.8. The Morgan fingerprint density at radius 2 is 1.78 bits per heavy atom. The molecule has 0 radical (unpaired) electrons. The van der Waals surface area contributed by atoms with E-state index in [0.717, 1.165) is 24.8 Å². The summed E-state index contributed by atoms with van der Waals surface area (Å²) in [5.74, 6) is 0. The minimum absolute atomic E-state index is 0.202. The molecular weight excluding hydrogens is 294 g/mol.